The number of benzene rings is 2. The number of carbonyl (C=O) groups excluding carboxylic acids is 2. The fourth-order valence-electron chi connectivity index (χ4n) is 5.28. The van der Waals surface area contributed by atoms with E-state index >= 15 is 0 Å². The van der Waals surface area contributed by atoms with E-state index < -0.39 is 5.97 Å². The van der Waals surface area contributed by atoms with Crippen molar-refractivity contribution in [3.63, 3.8) is 0 Å². The van der Waals surface area contributed by atoms with Crippen molar-refractivity contribution in [2.24, 2.45) is 0 Å². The minimum atomic E-state index is -0.446. The van der Waals surface area contributed by atoms with Crippen molar-refractivity contribution in [1.29, 1.82) is 0 Å². The molecule has 8 nitrogen and oxygen atoms in total. The van der Waals surface area contributed by atoms with Crippen LogP contribution < -0.4 is 9.64 Å². The van der Waals surface area contributed by atoms with Crippen molar-refractivity contribution in [3.8, 4) is 5.75 Å². The summed E-state index contributed by atoms with van der Waals surface area (Å²) in [5.41, 5.74) is 4.34. The predicted octanol–water partition coefficient (Wildman–Crippen LogP) is 3.52. The highest BCUT2D eigenvalue weighted by atomic mass is 16.5. The minimum absolute atomic E-state index is 0.164. The van der Waals surface area contributed by atoms with Crippen molar-refractivity contribution >= 4 is 28.5 Å². The van der Waals surface area contributed by atoms with Crippen LogP contribution in [0.3, 0.4) is 0 Å². The van der Waals surface area contributed by atoms with E-state index in [0.717, 1.165) is 72.6 Å². The highest BCUT2D eigenvalue weighted by Gasteiger charge is 2.28. The Balaban J connectivity index is 1.25. The first kappa shape index (κ1) is 25.0. The molecule has 0 saturated carbocycles. The number of anilines is 1. The molecule has 3 aromatic rings. The van der Waals surface area contributed by atoms with E-state index in [0.29, 0.717) is 25.2 Å². The third-order valence-corrected chi connectivity index (χ3v) is 7.27. The summed E-state index contributed by atoms with van der Waals surface area (Å²) in [6.07, 6.45) is 1.86. The molecule has 5 rings (SSSR count). The van der Waals surface area contributed by atoms with Crippen molar-refractivity contribution in [2.75, 3.05) is 57.9 Å². The Hall–Kier alpha value is -3.65. The normalized spacial score (nSPS) is 15.9. The number of amides is 1. The minimum Gasteiger partial charge on any atom is -0.497 e. The van der Waals surface area contributed by atoms with Crippen LogP contribution in [0.2, 0.25) is 0 Å². The lowest BCUT2D eigenvalue weighted by atomic mass is 9.95. The molecule has 2 aliphatic heterocycles. The Morgan fingerprint density at radius 2 is 1.73 bits per heavy atom. The second-order valence-electron chi connectivity index (χ2n) is 9.60. The molecule has 8 heteroatoms. The van der Waals surface area contributed by atoms with Crippen LogP contribution in [0.1, 0.15) is 35.0 Å². The molecule has 0 radical (unpaired) electrons. The molecule has 0 aliphatic carbocycles. The molecule has 2 aliphatic rings. The second-order valence-corrected chi connectivity index (χ2v) is 9.60. The van der Waals surface area contributed by atoms with Gasteiger partial charge < -0.3 is 19.3 Å². The van der Waals surface area contributed by atoms with Gasteiger partial charge in [-0.15, -0.1) is 0 Å². The lowest BCUT2D eigenvalue weighted by Gasteiger charge is -2.36. The summed E-state index contributed by atoms with van der Waals surface area (Å²) >= 11 is 0. The van der Waals surface area contributed by atoms with E-state index in [4.69, 9.17) is 14.5 Å². The quantitative estimate of drug-likeness (QED) is 0.458. The molecule has 194 valence electrons. The van der Waals surface area contributed by atoms with E-state index in [1.54, 1.807) is 12.0 Å². The summed E-state index contributed by atoms with van der Waals surface area (Å²) in [7, 11) is 1.65. The first-order chi connectivity index (χ1) is 18.1. The number of rotatable bonds is 7. The van der Waals surface area contributed by atoms with Gasteiger partial charge in [-0.05, 0) is 43.3 Å². The first-order valence-corrected chi connectivity index (χ1v) is 13.0. The Bertz CT molecular complexity index is 1270. The largest absolute Gasteiger partial charge is 0.497 e. The zero-order chi connectivity index (χ0) is 25.8. The summed E-state index contributed by atoms with van der Waals surface area (Å²) in [5.74, 6) is 0.210. The maximum atomic E-state index is 13.4. The maximum absolute atomic E-state index is 13.4. The monoisotopic (exact) mass is 502 g/mol. The van der Waals surface area contributed by atoms with Crippen LogP contribution in [0.4, 0.5) is 5.69 Å². The van der Waals surface area contributed by atoms with E-state index in [2.05, 4.69) is 16.7 Å². The number of pyridine rings is 1. The van der Waals surface area contributed by atoms with Gasteiger partial charge in [0.2, 0.25) is 0 Å². The van der Waals surface area contributed by atoms with Gasteiger partial charge in [0, 0.05) is 68.0 Å². The van der Waals surface area contributed by atoms with Crippen LogP contribution in [0, 0.1) is 0 Å². The third-order valence-electron chi connectivity index (χ3n) is 7.27. The van der Waals surface area contributed by atoms with Crippen molar-refractivity contribution < 1.29 is 19.1 Å². The van der Waals surface area contributed by atoms with Gasteiger partial charge in [0.15, 0.2) is 6.61 Å². The summed E-state index contributed by atoms with van der Waals surface area (Å²) in [5, 5.41) is 0.783. The third kappa shape index (κ3) is 5.39. The number of esters is 1. The van der Waals surface area contributed by atoms with E-state index in [-0.39, 0.29) is 12.5 Å². The molecule has 1 amide bonds. The average Bonchev–Trinajstić information content (AvgIpc) is 2.95. The van der Waals surface area contributed by atoms with Crippen molar-refractivity contribution in [1.82, 2.24) is 14.8 Å². The Morgan fingerprint density at radius 3 is 2.46 bits per heavy atom. The Labute approximate surface area is 217 Å². The zero-order valence-electron chi connectivity index (χ0n) is 21.6. The van der Waals surface area contributed by atoms with Crippen LogP contribution in [0.25, 0.3) is 10.9 Å². The number of piperazine rings is 1. The maximum Gasteiger partial charge on any atom is 0.339 e. The SMILES string of the molecule is CCCN1CCc2nc3ccccc3c(C(=O)OCC(=O)N3CCN(c4ccc(OC)cc4)CC3)c2C1. The number of aromatic nitrogens is 1. The van der Waals surface area contributed by atoms with Gasteiger partial charge >= 0.3 is 5.97 Å². The molecular formula is C29H34N4O4. The molecule has 0 atom stereocenters. The Kier molecular flexibility index (Phi) is 7.55. The highest BCUT2D eigenvalue weighted by molar-refractivity contribution is 6.05. The summed E-state index contributed by atoms with van der Waals surface area (Å²) in [4.78, 5) is 37.6. The van der Waals surface area contributed by atoms with E-state index in [9.17, 15) is 9.59 Å². The van der Waals surface area contributed by atoms with Gasteiger partial charge in [-0.3, -0.25) is 14.7 Å². The highest BCUT2D eigenvalue weighted by Crippen LogP contribution is 2.29. The van der Waals surface area contributed by atoms with Gasteiger partial charge in [0.1, 0.15) is 5.75 Å². The number of fused-ring (bicyclic) bond motifs is 2. The summed E-state index contributed by atoms with van der Waals surface area (Å²) in [6, 6.07) is 15.6. The molecule has 0 N–H and O–H groups in total. The standard InChI is InChI=1S/C29H34N4O4/c1-3-13-31-14-12-26-24(19-31)28(23-6-4-5-7-25(23)30-26)29(35)37-20-27(34)33-17-15-32(16-18-33)21-8-10-22(36-2)11-9-21/h4-11H,3,12-20H2,1-2H3. The molecular weight excluding hydrogens is 468 g/mol. The van der Waals surface area contributed by atoms with Crippen LogP contribution in [-0.4, -0.2) is 79.6 Å². The van der Waals surface area contributed by atoms with Crippen molar-refractivity contribution in [3.05, 3.63) is 65.4 Å². The van der Waals surface area contributed by atoms with Crippen LogP contribution in [-0.2, 0) is 22.5 Å². The van der Waals surface area contributed by atoms with Gasteiger partial charge in [-0.2, -0.15) is 0 Å². The number of methoxy groups -OCH3 is 1. The summed E-state index contributed by atoms with van der Waals surface area (Å²) in [6.45, 7) is 7.10. The number of ether oxygens (including phenoxy) is 2. The number of hydrogen-bond acceptors (Lipinski definition) is 7. The number of nitrogens with zero attached hydrogens (tertiary/aromatic N) is 4. The molecule has 37 heavy (non-hydrogen) atoms. The van der Waals surface area contributed by atoms with Crippen molar-refractivity contribution in [2.45, 2.75) is 26.3 Å². The zero-order valence-corrected chi connectivity index (χ0v) is 21.6. The van der Waals surface area contributed by atoms with Gasteiger partial charge in [-0.1, -0.05) is 25.1 Å². The molecule has 0 spiro atoms. The predicted molar refractivity (Wildman–Crippen MR) is 143 cm³/mol. The topological polar surface area (TPSA) is 75.2 Å². The molecule has 0 bridgehead atoms. The summed E-state index contributed by atoms with van der Waals surface area (Å²) < 4.78 is 10.9. The molecule has 0 unspecified atom stereocenters. The molecule has 1 aromatic heterocycles. The molecule has 1 saturated heterocycles. The van der Waals surface area contributed by atoms with Gasteiger partial charge in [0.05, 0.1) is 18.2 Å². The second kappa shape index (κ2) is 11.2. The van der Waals surface area contributed by atoms with Gasteiger partial charge in [-0.25, -0.2) is 4.79 Å². The fourth-order valence-corrected chi connectivity index (χ4v) is 5.28. The molecule has 3 heterocycles. The van der Waals surface area contributed by atoms with E-state index in [1.165, 1.54) is 0 Å². The lowest BCUT2D eigenvalue weighted by molar-refractivity contribution is -0.134. The number of para-hydroxylation sites is 1. The van der Waals surface area contributed by atoms with Crippen LogP contribution in [0.15, 0.2) is 48.5 Å². The van der Waals surface area contributed by atoms with E-state index in [1.807, 2.05) is 48.5 Å². The fraction of sp³-hybridized carbons (Fsp3) is 0.414. The Morgan fingerprint density at radius 1 is 0.973 bits per heavy atom. The molecule has 2 aromatic carbocycles. The lowest BCUT2D eigenvalue weighted by Crippen LogP contribution is -2.49. The van der Waals surface area contributed by atoms with Crippen LogP contribution >= 0.6 is 0 Å². The smallest absolute Gasteiger partial charge is 0.339 e. The van der Waals surface area contributed by atoms with Gasteiger partial charge in [0.25, 0.3) is 5.91 Å². The first-order valence-electron chi connectivity index (χ1n) is 13.0. The molecule has 1 fully saturated rings. The van der Waals surface area contributed by atoms with Crippen LogP contribution in [0.5, 0.6) is 5.75 Å². The average molecular weight is 503 g/mol. The number of hydrogen-bond donors (Lipinski definition) is 0. The number of carbonyl (C=O) groups is 2.